The molecule has 4 rings (SSSR count). The maximum absolute atomic E-state index is 15.8. The second kappa shape index (κ2) is 57.1. The molecule has 1 heterocycles. The molecule has 3 aromatic rings. The lowest BCUT2D eigenvalue weighted by Gasteiger charge is -2.45. The molecule has 111 heavy (non-hydrogen) atoms. The van der Waals surface area contributed by atoms with Crippen LogP contribution in [0.3, 0.4) is 0 Å². The summed E-state index contributed by atoms with van der Waals surface area (Å²) in [5, 5.41) is 5.32. The Balaban J connectivity index is 1.73. The highest BCUT2D eigenvalue weighted by atomic mass is 35.6. The number of halogens is 6. The van der Waals surface area contributed by atoms with E-state index in [1.807, 2.05) is 0 Å². The quantitative estimate of drug-likeness (QED) is 0.0175. The molecule has 29 heteroatoms. The number of nitrogens with one attached hydrogen (secondary N) is 2. The zero-order valence-corrected chi connectivity index (χ0v) is 71.2. The van der Waals surface area contributed by atoms with Crippen molar-refractivity contribution in [2.24, 2.45) is 0 Å². The normalized spacial score (nSPS) is 16.5. The van der Waals surface area contributed by atoms with E-state index in [1.165, 1.54) is 57.4 Å². The van der Waals surface area contributed by atoms with E-state index in [0.717, 1.165) is 161 Å². The maximum atomic E-state index is 15.8. The molecule has 628 valence electrons. The van der Waals surface area contributed by atoms with Crippen LogP contribution >= 0.6 is 77.4 Å². The predicted molar refractivity (Wildman–Crippen MR) is 433 cm³/mol. The molecule has 0 unspecified atom stereocenters. The predicted octanol–water partition coefficient (Wildman–Crippen LogP) is 22.2. The van der Waals surface area contributed by atoms with Crippen LogP contribution in [-0.4, -0.2) is 124 Å². The molecular formula is C82H123Cl6N2O20P. The number of hydrogen-bond donors (Lipinski definition) is 2. The van der Waals surface area contributed by atoms with Gasteiger partial charge >= 0.3 is 43.9 Å². The van der Waals surface area contributed by atoms with Crippen molar-refractivity contribution in [2.45, 2.75) is 335 Å². The van der Waals surface area contributed by atoms with Gasteiger partial charge in [0.2, 0.25) is 13.5 Å². The average molecular weight is 1700 g/mol. The first kappa shape index (κ1) is 98.4. The molecule has 0 saturated carbocycles. The zero-order valence-electron chi connectivity index (χ0n) is 65.8. The number of carbonyl (C=O) groups excluding carboxylic acids is 7. The van der Waals surface area contributed by atoms with Crippen molar-refractivity contribution >= 4 is 119 Å². The van der Waals surface area contributed by atoms with Crippen molar-refractivity contribution < 1.29 is 94.3 Å². The third kappa shape index (κ3) is 45.2. The summed E-state index contributed by atoms with van der Waals surface area (Å²) in [5.41, 5.74) is -1.24. The smallest absolute Gasteiger partial charge is 0.466 e. The van der Waals surface area contributed by atoms with E-state index in [9.17, 15) is 28.8 Å². The Morgan fingerprint density at radius 3 is 1.50 bits per heavy atom. The lowest BCUT2D eigenvalue weighted by Crippen LogP contribution is -2.67. The van der Waals surface area contributed by atoms with Crippen molar-refractivity contribution in [1.29, 1.82) is 0 Å². The highest BCUT2D eigenvalue weighted by Crippen LogP contribution is 2.53. The Labute approximate surface area is 689 Å². The number of amides is 2. The molecule has 22 nitrogen and oxygen atoms in total. The number of para-hydroxylation sites is 2. The van der Waals surface area contributed by atoms with Gasteiger partial charge in [-0.15, -0.1) is 0 Å². The van der Waals surface area contributed by atoms with Crippen molar-refractivity contribution in [2.75, 3.05) is 26.4 Å². The van der Waals surface area contributed by atoms with Gasteiger partial charge in [-0.3, -0.25) is 23.7 Å². The van der Waals surface area contributed by atoms with Gasteiger partial charge in [0.05, 0.1) is 19.6 Å². The van der Waals surface area contributed by atoms with E-state index in [4.69, 9.17) is 126 Å². The van der Waals surface area contributed by atoms with Gasteiger partial charge < -0.3 is 62.3 Å². The number of carbonyl (C=O) groups is 7. The molecule has 1 aliphatic heterocycles. The van der Waals surface area contributed by atoms with Crippen molar-refractivity contribution in [3.63, 3.8) is 0 Å². The van der Waals surface area contributed by atoms with Crippen LogP contribution in [0.1, 0.15) is 278 Å². The van der Waals surface area contributed by atoms with E-state index in [-0.39, 0.29) is 43.3 Å². The molecule has 0 bridgehead atoms. The summed E-state index contributed by atoms with van der Waals surface area (Å²) in [6, 6.07) is 20.7. The highest BCUT2D eigenvalue weighted by Gasteiger charge is 2.55. The highest BCUT2D eigenvalue weighted by molar-refractivity contribution is 7.49. The lowest BCUT2D eigenvalue weighted by atomic mass is 9.96. The minimum atomic E-state index is -5.22. The van der Waals surface area contributed by atoms with Gasteiger partial charge in [0.25, 0.3) is 0 Å². The van der Waals surface area contributed by atoms with E-state index >= 15 is 9.36 Å². The van der Waals surface area contributed by atoms with Crippen LogP contribution in [-0.2, 0) is 82.3 Å². The lowest BCUT2D eigenvalue weighted by molar-refractivity contribution is -0.272. The number of alkyl carbamates (subject to hydrolysis) is 1. The van der Waals surface area contributed by atoms with Crippen LogP contribution in [0, 0.1) is 0 Å². The average Bonchev–Trinajstić information content (AvgIpc) is 0.769. The molecule has 7 atom stereocenters. The molecule has 0 aliphatic carbocycles. The fourth-order valence-corrected chi connectivity index (χ4v) is 13.8. The fraction of sp³-hybridized carbons (Fsp3) is 0.695. The molecule has 0 aromatic heterocycles. The van der Waals surface area contributed by atoms with Gasteiger partial charge in [-0.05, 0) is 82.2 Å². The standard InChI is InChI=1S/C82H123Cl6N2O20P/c1-6-9-12-15-18-22-25-28-38-53-66(104-71(93)56-45-31-17-14-11-8-3)58-72(94)106-75-73(90-78(96)103-62-81(83,84)85)77(105-68(61-102-79(97)107-80(4,5)82(86,87)88)74(75)110-111(98,108-64-49-39-34-40-50-64)109-65-51-41-35-42-52-65)101-60-67(76(95)100-59-63-47-36-33-37-48-63)89-69(91)54-43-29-26-23-20-19-21-24-27-32-46-57-99-70(92)55-44-30-16-13-10-7-2/h33-37,39-42,47-52,66-68,73-75,77H,6-32,38,43-46,53-62H2,1-5H3,(H,89,91)(H,90,96)/t66-,67+,68-,73-,74-,75-,77-/m1/s1. The van der Waals surface area contributed by atoms with Gasteiger partial charge in [-0.25, -0.2) is 18.9 Å². The summed E-state index contributed by atoms with van der Waals surface area (Å²) in [6.07, 6.45) is 19.6. The largest absolute Gasteiger partial charge is 0.588 e. The summed E-state index contributed by atoms with van der Waals surface area (Å²) in [6.45, 7) is 6.67. The summed E-state index contributed by atoms with van der Waals surface area (Å²) in [5.74, 6) is -3.30. The maximum Gasteiger partial charge on any atom is 0.588 e. The molecule has 1 saturated heterocycles. The Morgan fingerprint density at radius 1 is 0.523 bits per heavy atom. The van der Waals surface area contributed by atoms with E-state index in [0.29, 0.717) is 44.3 Å². The molecule has 3 aromatic carbocycles. The van der Waals surface area contributed by atoms with Gasteiger partial charge in [-0.2, -0.15) is 0 Å². The van der Waals surface area contributed by atoms with Crippen molar-refractivity contribution in [3.8, 4) is 11.5 Å². The monoisotopic (exact) mass is 1700 g/mol. The number of esters is 4. The number of phosphoric acid groups is 1. The molecule has 2 N–H and O–H groups in total. The van der Waals surface area contributed by atoms with Gasteiger partial charge in [-0.1, -0.05) is 330 Å². The van der Waals surface area contributed by atoms with Crippen LogP contribution in [0.5, 0.6) is 11.5 Å². The SMILES string of the molecule is CCCCCCCCCCC[C@H](CC(=O)O[C@@H]1[C@@H](NC(=O)OCC(Cl)(Cl)Cl)[C@H](OC[C@H](NC(=O)CCCCCCCCCCCCCOC(=O)CCCCCCCC)C(=O)OCc2ccccc2)O[C@H](COC(=O)OC(C)(C)C(Cl)(Cl)Cl)[C@H]1OP(=O)(Oc1ccccc1)Oc1ccccc1)OC(=O)CCCCCCCC. The summed E-state index contributed by atoms with van der Waals surface area (Å²) < 4.78 is 83.8. The first-order valence-electron chi connectivity index (χ1n) is 40.2. The van der Waals surface area contributed by atoms with Crippen LogP contribution in [0.4, 0.5) is 9.59 Å². The van der Waals surface area contributed by atoms with Gasteiger partial charge in [0.15, 0.2) is 24.0 Å². The number of rotatable bonds is 60. The Morgan fingerprint density at radius 2 is 0.991 bits per heavy atom. The van der Waals surface area contributed by atoms with Crippen molar-refractivity contribution in [3.05, 3.63) is 96.6 Å². The number of benzene rings is 3. The molecule has 0 radical (unpaired) electrons. The summed E-state index contributed by atoms with van der Waals surface area (Å²) in [7, 11) is -5.22. The Hall–Kier alpha value is -5.00. The second-order valence-corrected chi connectivity index (χ2v) is 35.0. The Bertz CT molecular complexity index is 3060. The minimum absolute atomic E-state index is 0.00224. The van der Waals surface area contributed by atoms with Gasteiger partial charge in [0, 0.05) is 19.3 Å². The van der Waals surface area contributed by atoms with Crippen LogP contribution < -0.4 is 19.7 Å². The molecule has 1 aliphatic rings. The molecular weight excluding hydrogens is 1580 g/mol. The fourth-order valence-electron chi connectivity index (χ4n) is 12.1. The summed E-state index contributed by atoms with van der Waals surface area (Å²) >= 11 is 37.0. The third-order valence-electron chi connectivity index (χ3n) is 18.5. The van der Waals surface area contributed by atoms with E-state index < -0.39 is 126 Å². The van der Waals surface area contributed by atoms with E-state index in [2.05, 4.69) is 31.4 Å². The number of alkyl halides is 6. The first-order chi connectivity index (χ1) is 53.2. The molecule has 2 amide bonds. The van der Waals surface area contributed by atoms with E-state index in [1.54, 1.807) is 66.7 Å². The molecule has 1 fully saturated rings. The van der Waals surface area contributed by atoms with Gasteiger partial charge in [0.1, 0.15) is 55.7 Å². The zero-order chi connectivity index (χ0) is 81.0. The molecule has 0 spiro atoms. The van der Waals surface area contributed by atoms with Crippen molar-refractivity contribution in [1.82, 2.24) is 10.6 Å². The number of ether oxygens (including phenoxy) is 9. The number of phosphoric ester groups is 1. The minimum Gasteiger partial charge on any atom is -0.466 e. The first-order valence-corrected chi connectivity index (χ1v) is 44.0. The van der Waals surface area contributed by atoms with Crippen LogP contribution in [0.2, 0.25) is 0 Å². The topological polar surface area (TPSA) is 271 Å². The second-order valence-electron chi connectivity index (χ2n) is 28.7. The summed E-state index contributed by atoms with van der Waals surface area (Å²) in [4.78, 5) is 97.9. The number of unbranched alkanes of at least 4 members (excludes halogenated alkanes) is 28. The van der Waals surface area contributed by atoms with Crippen LogP contribution in [0.25, 0.3) is 0 Å². The van der Waals surface area contributed by atoms with Crippen LogP contribution in [0.15, 0.2) is 91.0 Å². The number of hydrogen-bond acceptors (Lipinski definition) is 20. The third-order valence-corrected chi connectivity index (χ3v) is 21.6. The Kier molecular flexibility index (Phi) is 50.6.